The molecule has 1 aromatic carbocycles. The van der Waals surface area contributed by atoms with E-state index >= 15 is 0 Å². The van der Waals surface area contributed by atoms with Gasteiger partial charge in [0.1, 0.15) is 0 Å². The summed E-state index contributed by atoms with van der Waals surface area (Å²) in [4.78, 5) is 6.43. The van der Waals surface area contributed by atoms with Gasteiger partial charge in [-0.1, -0.05) is 28.1 Å². The molecule has 0 amide bonds. The van der Waals surface area contributed by atoms with E-state index < -0.39 is 0 Å². The molecule has 1 heterocycles. The van der Waals surface area contributed by atoms with Gasteiger partial charge in [0.05, 0.1) is 5.69 Å². The second-order valence-electron chi connectivity index (χ2n) is 5.14. The van der Waals surface area contributed by atoms with E-state index in [0.717, 1.165) is 22.4 Å². The summed E-state index contributed by atoms with van der Waals surface area (Å²) >= 11 is 3.46. The lowest BCUT2D eigenvalue weighted by molar-refractivity contribution is 0.788. The summed E-state index contributed by atoms with van der Waals surface area (Å²) in [5.74, 6) is 0.968. The van der Waals surface area contributed by atoms with E-state index in [1.54, 1.807) is 0 Å². The van der Waals surface area contributed by atoms with Crippen LogP contribution < -0.4 is 10.2 Å². The summed E-state index contributed by atoms with van der Waals surface area (Å²) in [7, 11) is 4.01. The number of nitrogens with zero attached hydrogens (tertiary/aromatic N) is 2. The number of hydrogen-bond donors (Lipinski definition) is 1. The molecule has 1 N–H and O–H groups in total. The third-order valence-electron chi connectivity index (χ3n) is 3.07. The molecular formula is C16H20BrN3. The van der Waals surface area contributed by atoms with Gasteiger partial charge in [-0.05, 0) is 43.2 Å². The van der Waals surface area contributed by atoms with Gasteiger partial charge in [-0.3, -0.25) is 0 Å². The SMILES string of the molecule is CC(Cc1ccc(Br)cc1)Nc1cccnc1N(C)C. The van der Waals surface area contributed by atoms with Gasteiger partial charge >= 0.3 is 0 Å². The molecule has 0 fully saturated rings. The number of aromatic nitrogens is 1. The van der Waals surface area contributed by atoms with E-state index in [-0.39, 0.29) is 0 Å². The third-order valence-corrected chi connectivity index (χ3v) is 3.60. The minimum absolute atomic E-state index is 0.346. The van der Waals surface area contributed by atoms with Crippen LogP contribution in [0.1, 0.15) is 12.5 Å². The Hall–Kier alpha value is -1.55. The molecule has 0 bridgehead atoms. The smallest absolute Gasteiger partial charge is 0.151 e. The molecule has 0 saturated carbocycles. The summed E-state index contributed by atoms with van der Waals surface area (Å²) in [6.45, 7) is 2.19. The Balaban J connectivity index is 2.04. The van der Waals surface area contributed by atoms with Crippen LogP contribution in [-0.4, -0.2) is 25.1 Å². The van der Waals surface area contributed by atoms with E-state index in [4.69, 9.17) is 0 Å². The van der Waals surface area contributed by atoms with E-state index in [1.807, 2.05) is 31.3 Å². The van der Waals surface area contributed by atoms with Crippen LogP contribution in [0.15, 0.2) is 47.1 Å². The zero-order chi connectivity index (χ0) is 14.5. The highest BCUT2D eigenvalue weighted by Crippen LogP contribution is 2.22. The molecule has 4 heteroatoms. The average Bonchev–Trinajstić information content (AvgIpc) is 2.41. The van der Waals surface area contributed by atoms with Crippen molar-refractivity contribution < 1.29 is 0 Å². The molecule has 0 aliphatic carbocycles. The molecule has 0 aliphatic rings. The van der Waals surface area contributed by atoms with Gasteiger partial charge in [-0.25, -0.2) is 4.98 Å². The molecule has 1 unspecified atom stereocenters. The standard InChI is InChI=1S/C16H20BrN3/c1-12(11-13-6-8-14(17)9-7-13)19-15-5-4-10-18-16(15)20(2)3/h4-10,12,19H,11H2,1-3H3. The van der Waals surface area contributed by atoms with Gasteiger partial charge in [0.15, 0.2) is 5.82 Å². The summed E-state index contributed by atoms with van der Waals surface area (Å²) in [5.41, 5.74) is 2.39. The van der Waals surface area contributed by atoms with Crippen molar-refractivity contribution in [3.05, 3.63) is 52.6 Å². The number of benzene rings is 1. The van der Waals surface area contributed by atoms with Crippen LogP contribution in [0.3, 0.4) is 0 Å². The van der Waals surface area contributed by atoms with Gasteiger partial charge in [0.2, 0.25) is 0 Å². The monoisotopic (exact) mass is 333 g/mol. The van der Waals surface area contributed by atoms with Gasteiger partial charge in [0.25, 0.3) is 0 Å². The maximum atomic E-state index is 4.41. The Labute approximate surface area is 129 Å². The van der Waals surface area contributed by atoms with Gasteiger partial charge in [-0.2, -0.15) is 0 Å². The summed E-state index contributed by atoms with van der Waals surface area (Å²) in [6, 6.07) is 12.8. The molecule has 0 radical (unpaired) electrons. The fourth-order valence-electron chi connectivity index (χ4n) is 2.16. The lowest BCUT2D eigenvalue weighted by Crippen LogP contribution is -2.21. The van der Waals surface area contributed by atoms with Crippen LogP contribution in [-0.2, 0) is 6.42 Å². The predicted octanol–water partition coefficient (Wildman–Crippen LogP) is 3.95. The number of halogens is 1. The molecule has 20 heavy (non-hydrogen) atoms. The van der Waals surface area contributed by atoms with Crippen molar-refractivity contribution in [1.82, 2.24) is 4.98 Å². The Morgan fingerprint density at radius 1 is 1.20 bits per heavy atom. The molecule has 0 spiro atoms. The maximum Gasteiger partial charge on any atom is 0.151 e. The highest BCUT2D eigenvalue weighted by molar-refractivity contribution is 9.10. The van der Waals surface area contributed by atoms with Crippen molar-refractivity contribution in [2.24, 2.45) is 0 Å². The van der Waals surface area contributed by atoms with E-state index in [2.05, 4.69) is 63.5 Å². The van der Waals surface area contributed by atoms with Gasteiger partial charge < -0.3 is 10.2 Å². The second kappa shape index (κ2) is 6.75. The van der Waals surface area contributed by atoms with Crippen molar-refractivity contribution in [3.8, 4) is 0 Å². The Morgan fingerprint density at radius 3 is 2.55 bits per heavy atom. The molecule has 0 aliphatic heterocycles. The average molecular weight is 334 g/mol. The van der Waals surface area contributed by atoms with Crippen LogP contribution in [0.2, 0.25) is 0 Å². The molecule has 106 valence electrons. The normalized spacial score (nSPS) is 12.0. The zero-order valence-corrected chi connectivity index (χ0v) is 13.7. The topological polar surface area (TPSA) is 28.2 Å². The molecular weight excluding hydrogens is 314 g/mol. The van der Waals surface area contributed by atoms with Crippen LogP contribution in [0.25, 0.3) is 0 Å². The first kappa shape index (κ1) is 14.9. The first-order valence-corrected chi connectivity index (χ1v) is 7.49. The Bertz CT molecular complexity index is 552. The van der Waals surface area contributed by atoms with Crippen molar-refractivity contribution in [1.29, 1.82) is 0 Å². The Morgan fingerprint density at radius 2 is 1.90 bits per heavy atom. The van der Waals surface area contributed by atoms with Crippen LogP contribution in [0.4, 0.5) is 11.5 Å². The number of anilines is 2. The largest absolute Gasteiger partial charge is 0.379 e. The number of pyridine rings is 1. The minimum atomic E-state index is 0.346. The Kier molecular flexibility index (Phi) is 5.01. The lowest BCUT2D eigenvalue weighted by atomic mass is 10.1. The summed E-state index contributed by atoms with van der Waals surface area (Å²) < 4.78 is 1.11. The maximum absolute atomic E-state index is 4.41. The van der Waals surface area contributed by atoms with Crippen molar-refractivity contribution >= 4 is 27.4 Å². The molecule has 0 saturated heterocycles. The molecule has 3 nitrogen and oxygen atoms in total. The fraction of sp³-hybridized carbons (Fsp3) is 0.312. The van der Waals surface area contributed by atoms with Crippen LogP contribution in [0.5, 0.6) is 0 Å². The fourth-order valence-corrected chi connectivity index (χ4v) is 2.42. The first-order valence-electron chi connectivity index (χ1n) is 6.69. The number of hydrogen-bond acceptors (Lipinski definition) is 3. The molecule has 1 aromatic heterocycles. The highest BCUT2D eigenvalue weighted by Gasteiger charge is 2.09. The molecule has 1 atom stereocenters. The van der Waals surface area contributed by atoms with Crippen molar-refractivity contribution in [2.75, 3.05) is 24.3 Å². The number of rotatable bonds is 5. The van der Waals surface area contributed by atoms with Crippen molar-refractivity contribution in [2.45, 2.75) is 19.4 Å². The lowest BCUT2D eigenvalue weighted by Gasteiger charge is -2.20. The van der Waals surface area contributed by atoms with Crippen LogP contribution in [0, 0.1) is 0 Å². The van der Waals surface area contributed by atoms with Gasteiger partial charge in [0, 0.05) is 30.8 Å². The quantitative estimate of drug-likeness (QED) is 0.897. The third kappa shape index (κ3) is 3.97. The van der Waals surface area contributed by atoms with Crippen molar-refractivity contribution in [3.63, 3.8) is 0 Å². The summed E-state index contributed by atoms with van der Waals surface area (Å²) in [6.07, 6.45) is 2.80. The number of nitrogens with one attached hydrogen (secondary N) is 1. The second-order valence-corrected chi connectivity index (χ2v) is 6.06. The van der Waals surface area contributed by atoms with E-state index in [0.29, 0.717) is 6.04 Å². The molecule has 2 aromatic rings. The highest BCUT2D eigenvalue weighted by atomic mass is 79.9. The first-order chi connectivity index (χ1) is 9.56. The summed E-state index contributed by atoms with van der Waals surface area (Å²) in [5, 5.41) is 3.54. The minimum Gasteiger partial charge on any atom is -0.379 e. The van der Waals surface area contributed by atoms with Gasteiger partial charge in [-0.15, -0.1) is 0 Å². The van der Waals surface area contributed by atoms with E-state index in [1.165, 1.54) is 5.56 Å². The zero-order valence-electron chi connectivity index (χ0n) is 12.1. The predicted molar refractivity (Wildman–Crippen MR) is 89.5 cm³/mol. The van der Waals surface area contributed by atoms with Crippen LogP contribution >= 0.6 is 15.9 Å². The molecule has 2 rings (SSSR count). The van der Waals surface area contributed by atoms with E-state index in [9.17, 15) is 0 Å².